The lowest BCUT2D eigenvalue weighted by Crippen LogP contribution is -2.45. The van der Waals surface area contributed by atoms with Gasteiger partial charge in [0.25, 0.3) is 0 Å². The quantitative estimate of drug-likeness (QED) is 0.481. The van der Waals surface area contributed by atoms with Gasteiger partial charge in [0.1, 0.15) is 0 Å². The fraction of sp³-hybridized carbons (Fsp3) is 0.471. The largest absolute Gasteiger partial charge is 0.493 e. The Bertz CT molecular complexity index is 766. The van der Waals surface area contributed by atoms with E-state index in [1.54, 1.807) is 7.11 Å². The van der Waals surface area contributed by atoms with E-state index in [-0.39, 0.29) is 29.3 Å². The first-order valence-electron chi connectivity index (χ1n) is 7.76. The van der Waals surface area contributed by atoms with E-state index in [4.69, 9.17) is 15.0 Å². The summed E-state index contributed by atoms with van der Waals surface area (Å²) in [7, 11) is 1.58. The van der Waals surface area contributed by atoms with Crippen molar-refractivity contribution in [2.24, 2.45) is 11.8 Å². The van der Waals surface area contributed by atoms with Gasteiger partial charge in [0, 0.05) is 23.8 Å². The van der Waals surface area contributed by atoms with Crippen LogP contribution in [-0.2, 0) is 16.0 Å². The van der Waals surface area contributed by atoms with Crippen LogP contribution in [0, 0.1) is 11.8 Å². The minimum atomic E-state index is -0.527. The van der Waals surface area contributed by atoms with Crippen LogP contribution in [0.15, 0.2) is 12.1 Å². The molecule has 1 saturated carbocycles. The molecule has 1 heterocycles. The Morgan fingerprint density at radius 1 is 1.48 bits per heavy atom. The summed E-state index contributed by atoms with van der Waals surface area (Å²) < 4.78 is 11.3. The fourth-order valence-electron chi connectivity index (χ4n) is 4.44. The van der Waals surface area contributed by atoms with Crippen LogP contribution in [0.2, 0.25) is 0 Å². The number of nitrogens with zero attached hydrogens (tertiary/aromatic N) is 2. The molecule has 4 rings (SSSR count). The molecule has 4 atom stereocenters. The molecule has 3 aliphatic rings. The molecule has 1 fully saturated rings. The van der Waals surface area contributed by atoms with Gasteiger partial charge in [-0.15, -0.1) is 0 Å². The average Bonchev–Trinajstić information content (AvgIpc) is 2.96. The van der Waals surface area contributed by atoms with Crippen molar-refractivity contribution in [2.45, 2.75) is 31.3 Å². The molecular weight excluding hydrogens is 296 g/mol. The highest BCUT2D eigenvalue weighted by atomic mass is 16.5. The van der Waals surface area contributed by atoms with Crippen LogP contribution < -0.4 is 9.47 Å². The summed E-state index contributed by atoms with van der Waals surface area (Å²) >= 11 is 0. The molecule has 0 bridgehead atoms. The number of hydrogen-bond donors (Lipinski definition) is 0. The Morgan fingerprint density at radius 3 is 3.04 bits per heavy atom. The lowest BCUT2D eigenvalue weighted by atomic mass is 9.62. The van der Waals surface area contributed by atoms with E-state index in [1.807, 2.05) is 12.1 Å². The number of ether oxygens (including phenoxy) is 2. The fourth-order valence-corrected chi connectivity index (χ4v) is 4.44. The lowest BCUT2D eigenvalue weighted by molar-refractivity contribution is -0.132. The Labute approximate surface area is 133 Å². The van der Waals surface area contributed by atoms with Gasteiger partial charge >= 0.3 is 6.21 Å². The predicted molar refractivity (Wildman–Crippen MR) is 79.8 cm³/mol. The second-order valence-electron chi connectivity index (χ2n) is 6.36. The van der Waals surface area contributed by atoms with Gasteiger partial charge in [0.15, 0.2) is 23.4 Å². The number of methoxy groups -OCH3 is 1. The first kappa shape index (κ1) is 14.2. The Hall–Kier alpha value is -2.46. The zero-order valence-corrected chi connectivity index (χ0v) is 12.7. The standard InChI is InChI=1S/C17H16N2O4/c1-22-13-5-2-8-6-10(12(21)7-19-18)9-3-4-11(20)16-15(9)14(8)17(13)23-16/h2,5,7,9-10,15-16H,3-4,6H2,1H3/t9-,10+,15-,16-/m1/s1. The topological polar surface area (TPSA) is 89.0 Å². The van der Waals surface area contributed by atoms with Crippen LogP contribution in [0.5, 0.6) is 11.5 Å². The molecule has 118 valence electrons. The van der Waals surface area contributed by atoms with Crippen molar-refractivity contribution in [1.82, 2.24) is 0 Å². The van der Waals surface area contributed by atoms with Gasteiger partial charge in [0.2, 0.25) is 5.78 Å². The van der Waals surface area contributed by atoms with Crippen molar-refractivity contribution in [3.05, 3.63) is 28.8 Å². The van der Waals surface area contributed by atoms with Crippen molar-refractivity contribution in [2.75, 3.05) is 7.11 Å². The van der Waals surface area contributed by atoms with Gasteiger partial charge in [-0.05, 0) is 30.4 Å². The zero-order chi connectivity index (χ0) is 16.1. The van der Waals surface area contributed by atoms with E-state index in [1.165, 1.54) is 0 Å². The maximum Gasteiger partial charge on any atom is 0.323 e. The van der Waals surface area contributed by atoms with Gasteiger partial charge in [-0.2, -0.15) is 4.79 Å². The van der Waals surface area contributed by atoms with Crippen molar-refractivity contribution in [1.29, 1.82) is 0 Å². The van der Waals surface area contributed by atoms with Crippen LogP contribution >= 0.6 is 0 Å². The molecule has 0 unspecified atom stereocenters. The minimum Gasteiger partial charge on any atom is -0.493 e. The predicted octanol–water partition coefficient (Wildman–Crippen LogP) is 1.56. The SMILES string of the molecule is COc1ccc2c3c1O[C@@H]1C(=O)CC[C@@H]([C@H]31)[C@@H](C(=O)C=[N+]=[N-])C2. The average molecular weight is 312 g/mol. The monoisotopic (exact) mass is 312 g/mol. The highest BCUT2D eigenvalue weighted by Gasteiger charge is 2.54. The molecule has 1 aromatic carbocycles. The van der Waals surface area contributed by atoms with E-state index in [2.05, 4.69) is 4.79 Å². The minimum absolute atomic E-state index is 0.0315. The van der Waals surface area contributed by atoms with E-state index in [0.717, 1.165) is 17.3 Å². The highest BCUT2D eigenvalue weighted by Crippen LogP contribution is 2.57. The smallest absolute Gasteiger partial charge is 0.323 e. The number of carbonyl (C=O) groups is 2. The second kappa shape index (κ2) is 5.03. The van der Waals surface area contributed by atoms with Crippen LogP contribution in [0.3, 0.4) is 0 Å². The number of hydrogen-bond acceptors (Lipinski definition) is 4. The number of rotatable bonds is 3. The third-order valence-corrected chi connectivity index (χ3v) is 5.38. The van der Waals surface area contributed by atoms with Crippen molar-refractivity contribution in [3.63, 3.8) is 0 Å². The van der Waals surface area contributed by atoms with Gasteiger partial charge in [-0.1, -0.05) is 6.07 Å². The summed E-state index contributed by atoms with van der Waals surface area (Å²) in [5, 5.41) is 0. The maximum absolute atomic E-state index is 12.3. The normalized spacial score (nSPS) is 30.0. The summed E-state index contributed by atoms with van der Waals surface area (Å²) in [5.74, 6) is 0.824. The number of Topliss-reactive ketones (excluding diaryl/α,β-unsaturated/α-hetero) is 2. The van der Waals surface area contributed by atoms with Crippen LogP contribution in [0.25, 0.3) is 5.53 Å². The maximum atomic E-state index is 12.3. The Kier molecular flexibility index (Phi) is 3.10. The molecule has 0 N–H and O–H groups in total. The third-order valence-electron chi connectivity index (χ3n) is 5.38. The van der Waals surface area contributed by atoms with Crippen LogP contribution in [0.1, 0.15) is 29.9 Å². The first-order chi connectivity index (χ1) is 11.2. The molecule has 2 aliphatic carbocycles. The first-order valence-corrected chi connectivity index (χ1v) is 7.76. The second-order valence-corrected chi connectivity index (χ2v) is 6.36. The molecular formula is C17H16N2O4. The van der Waals surface area contributed by atoms with Crippen molar-refractivity contribution < 1.29 is 23.9 Å². The Balaban J connectivity index is 1.87. The molecule has 0 amide bonds. The summed E-state index contributed by atoms with van der Waals surface area (Å²) in [6.07, 6.45) is 2.09. The highest BCUT2D eigenvalue weighted by molar-refractivity contribution is 6.26. The molecule has 6 nitrogen and oxygen atoms in total. The molecule has 0 saturated heterocycles. The van der Waals surface area contributed by atoms with E-state index < -0.39 is 6.10 Å². The third kappa shape index (κ3) is 1.88. The summed E-state index contributed by atoms with van der Waals surface area (Å²) in [6.45, 7) is 0. The van der Waals surface area contributed by atoms with Gasteiger partial charge in [0.05, 0.1) is 7.11 Å². The lowest BCUT2D eigenvalue weighted by Gasteiger charge is -2.39. The van der Waals surface area contributed by atoms with E-state index in [9.17, 15) is 9.59 Å². The molecule has 0 aromatic heterocycles. The molecule has 1 aliphatic heterocycles. The van der Waals surface area contributed by atoms with Gasteiger partial charge in [-0.3, -0.25) is 9.59 Å². The molecule has 23 heavy (non-hydrogen) atoms. The molecule has 0 radical (unpaired) electrons. The molecule has 6 heteroatoms. The summed E-state index contributed by atoms with van der Waals surface area (Å²) in [5.41, 5.74) is 10.7. The summed E-state index contributed by atoms with van der Waals surface area (Å²) in [6, 6.07) is 3.76. The van der Waals surface area contributed by atoms with Crippen LogP contribution in [-0.4, -0.2) is 35.8 Å². The zero-order valence-electron chi connectivity index (χ0n) is 12.7. The van der Waals surface area contributed by atoms with Crippen molar-refractivity contribution >= 4 is 17.8 Å². The van der Waals surface area contributed by atoms with E-state index >= 15 is 0 Å². The number of benzene rings is 1. The van der Waals surface area contributed by atoms with Gasteiger partial charge in [-0.25, -0.2) is 0 Å². The van der Waals surface area contributed by atoms with Crippen LogP contribution in [0.4, 0.5) is 0 Å². The van der Waals surface area contributed by atoms with Gasteiger partial charge < -0.3 is 15.0 Å². The van der Waals surface area contributed by atoms with E-state index in [0.29, 0.717) is 30.8 Å². The Morgan fingerprint density at radius 2 is 2.30 bits per heavy atom. The molecule has 0 spiro atoms. The summed E-state index contributed by atoms with van der Waals surface area (Å²) in [4.78, 5) is 27.5. The van der Waals surface area contributed by atoms with Crippen molar-refractivity contribution in [3.8, 4) is 11.5 Å². The number of carbonyl (C=O) groups excluding carboxylic acids is 2. The molecule has 1 aromatic rings. The number of ketones is 2.